The van der Waals surface area contributed by atoms with Crippen molar-refractivity contribution in [1.29, 1.82) is 0 Å². The number of carbonyl (C=O) groups excluding carboxylic acids is 1. The summed E-state index contributed by atoms with van der Waals surface area (Å²) in [6.07, 6.45) is 1.64. The zero-order valence-corrected chi connectivity index (χ0v) is 15.1. The summed E-state index contributed by atoms with van der Waals surface area (Å²) in [5, 5.41) is 4.85. The largest absolute Gasteiger partial charge is 0.319 e. The van der Waals surface area contributed by atoms with E-state index in [-0.39, 0.29) is 11.7 Å². The number of nitrogens with one attached hydrogen (secondary N) is 1. The first kappa shape index (κ1) is 17.2. The van der Waals surface area contributed by atoms with Gasteiger partial charge in [0.15, 0.2) is 5.16 Å². The van der Waals surface area contributed by atoms with Gasteiger partial charge in [-0.1, -0.05) is 53.7 Å². The minimum atomic E-state index is -0.150. The molecule has 0 bridgehead atoms. The molecule has 0 fully saturated rings. The van der Waals surface area contributed by atoms with E-state index in [9.17, 15) is 4.79 Å². The van der Waals surface area contributed by atoms with Crippen molar-refractivity contribution in [1.82, 2.24) is 15.0 Å². The fourth-order valence-electron chi connectivity index (χ4n) is 2.46. The molecule has 128 valence electrons. The Kier molecular flexibility index (Phi) is 5.50. The van der Waals surface area contributed by atoms with E-state index in [1.165, 1.54) is 17.3 Å². The lowest BCUT2D eigenvalue weighted by Crippen LogP contribution is -2.20. The average Bonchev–Trinajstić information content (AvgIpc) is 2.99. The summed E-state index contributed by atoms with van der Waals surface area (Å²) in [7, 11) is 0. The van der Waals surface area contributed by atoms with Crippen LogP contribution in [0.25, 0.3) is 11.0 Å². The van der Waals surface area contributed by atoms with Crippen LogP contribution in [-0.4, -0.2) is 27.4 Å². The second-order valence-corrected chi connectivity index (χ2v) is 6.56. The first-order valence-corrected chi connectivity index (χ1v) is 9.12. The maximum absolute atomic E-state index is 12.0. The van der Waals surface area contributed by atoms with E-state index < -0.39 is 0 Å². The Hall–Kier alpha value is -2.60. The summed E-state index contributed by atoms with van der Waals surface area (Å²) in [5.74, 6) is 0.122. The number of para-hydroxylation sites is 2. The molecule has 0 spiro atoms. The summed E-state index contributed by atoms with van der Waals surface area (Å²) < 4.78 is 2.11. The molecule has 3 rings (SSSR count). The van der Waals surface area contributed by atoms with E-state index in [1.54, 1.807) is 6.21 Å². The van der Waals surface area contributed by atoms with E-state index in [4.69, 9.17) is 0 Å². The molecule has 0 radical (unpaired) electrons. The third kappa shape index (κ3) is 4.28. The number of amides is 1. The number of benzene rings is 2. The molecule has 5 nitrogen and oxygen atoms in total. The Bertz CT molecular complexity index is 899. The van der Waals surface area contributed by atoms with Gasteiger partial charge in [0.05, 0.1) is 23.0 Å². The molecule has 1 aromatic heterocycles. The molecule has 0 aliphatic carbocycles. The molecule has 1 N–H and O–H groups in total. The number of thioether (sulfide) groups is 1. The number of fused-ring (bicyclic) bond motifs is 1. The quantitative estimate of drug-likeness (QED) is 0.419. The number of hydrogen-bond donors (Lipinski definition) is 1. The van der Waals surface area contributed by atoms with Crippen molar-refractivity contribution in [2.24, 2.45) is 5.10 Å². The van der Waals surface area contributed by atoms with Gasteiger partial charge in [0.25, 0.3) is 5.91 Å². The van der Waals surface area contributed by atoms with Crippen LogP contribution in [0.3, 0.4) is 0 Å². The fraction of sp³-hybridized carbons (Fsp3) is 0.211. The molecule has 25 heavy (non-hydrogen) atoms. The lowest BCUT2D eigenvalue weighted by Gasteiger charge is -2.04. The standard InChI is InChI=1S/C19H20N4OS/c1-3-23-17-7-5-4-6-16(17)21-19(23)25-13-18(24)22-20-12-15-10-8-14(2)9-11-15/h4-12H,3,13H2,1-2H3,(H,22,24)/b20-12-. The number of hydrazone groups is 1. The zero-order valence-electron chi connectivity index (χ0n) is 14.3. The van der Waals surface area contributed by atoms with Gasteiger partial charge in [-0.3, -0.25) is 4.79 Å². The second kappa shape index (κ2) is 7.98. The molecule has 0 unspecified atom stereocenters. The molecular formula is C19H20N4OS. The number of aryl methyl sites for hydroxylation is 2. The van der Waals surface area contributed by atoms with E-state index >= 15 is 0 Å². The number of carbonyl (C=O) groups is 1. The highest BCUT2D eigenvalue weighted by Crippen LogP contribution is 2.23. The molecule has 0 aliphatic rings. The average molecular weight is 352 g/mol. The maximum atomic E-state index is 12.0. The fourth-order valence-corrected chi connectivity index (χ4v) is 3.33. The summed E-state index contributed by atoms with van der Waals surface area (Å²) in [5.41, 5.74) is 6.74. The van der Waals surface area contributed by atoms with Crippen LogP contribution in [0.5, 0.6) is 0 Å². The molecule has 0 atom stereocenters. The third-order valence-electron chi connectivity index (χ3n) is 3.75. The highest BCUT2D eigenvalue weighted by atomic mass is 32.2. The molecular weight excluding hydrogens is 332 g/mol. The van der Waals surface area contributed by atoms with Gasteiger partial charge in [0.1, 0.15) is 0 Å². The minimum absolute atomic E-state index is 0.150. The van der Waals surface area contributed by atoms with Crippen LogP contribution in [0.4, 0.5) is 0 Å². The van der Waals surface area contributed by atoms with Crippen LogP contribution >= 0.6 is 11.8 Å². The minimum Gasteiger partial charge on any atom is -0.319 e. The van der Waals surface area contributed by atoms with Crippen LogP contribution in [0.15, 0.2) is 58.8 Å². The van der Waals surface area contributed by atoms with Crippen molar-refractivity contribution >= 4 is 34.9 Å². The van der Waals surface area contributed by atoms with Crippen molar-refractivity contribution < 1.29 is 4.79 Å². The molecule has 6 heteroatoms. The number of hydrogen-bond acceptors (Lipinski definition) is 4. The first-order chi connectivity index (χ1) is 12.2. The van der Waals surface area contributed by atoms with Crippen molar-refractivity contribution in [3.63, 3.8) is 0 Å². The Morgan fingerprint density at radius 2 is 2.00 bits per heavy atom. The SMILES string of the molecule is CCn1c(SCC(=O)N/N=C\c2ccc(C)cc2)nc2ccccc21. The van der Waals surface area contributed by atoms with Gasteiger partial charge < -0.3 is 4.57 Å². The highest BCUT2D eigenvalue weighted by Gasteiger charge is 2.11. The van der Waals surface area contributed by atoms with Gasteiger partial charge in [-0.05, 0) is 31.5 Å². The molecule has 0 saturated carbocycles. The van der Waals surface area contributed by atoms with E-state index in [0.717, 1.165) is 28.3 Å². The molecule has 2 aromatic carbocycles. The number of rotatable bonds is 6. The summed E-state index contributed by atoms with van der Waals surface area (Å²) in [6.45, 7) is 4.92. The number of aromatic nitrogens is 2. The number of imidazole rings is 1. The Balaban J connectivity index is 1.58. The number of nitrogens with zero attached hydrogens (tertiary/aromatic N) is 3. The summed E-state index contributed by atoms with van der Waals surface area (Å²) in [4.78, 5) is 16.6. The van der Waals surface area contributed by atoms with Crippen LogP contribution < -0.4 is 5.43 Å². The summed E-state index contributed by atoms with van der Waals surface area (Å²) >= 11 is 1.42. The van der Waals surface area contributed by atoms with Crippen molar-refractivity contribution in [3.05, 3.63) is 59.7 Å². The predicted octanol–water partition coefficient (Wildman–Crippen LogP) is 3.61. The van der Waals surface area contributed by atoms with E-state index in [1.807, 2.05) is 55.5 Å². The molecule has 0 saturated heterocycles. The van der Waals surface area contributed by atoms with Crippen LogP contribution in [0.1, 0.15) is 18.1 Å². The lowest BCUT2D eigenvalue weighted by atomic mass is 10.2. The van der Waals surface area contributed by atoms with E-state index in [0.29, 0.717) is 0 Å². The van der Waals surface area contributed by atoms with E-state index in [2.05, 4.69) is 27.0 Å². The molecule has 3 aromatic rings. The van der Waals surface area contributed by atoms with Gasteiger partial charge in [-0.25, -0.2) is 10.4 Å². The van der Waals surface area contributed by atoms with Gasteiger partial charge in [-0.15, -0.1) is 0 Å². The van der Waals surface area contributed by atoms with Crippen LogP contribution in [0.2, 0.25) is 0 Å². The predicted molar refractivity (Wildman–Crippen MR) is 103 cm³/mol. The van der Waals surface area contributed by atoms with Gasteiger partial charge in [0, 0.05) is 6.54 Å². The van der Waals surface area contributed by atoms with Gasteiger partial charge >= 0.3 is 0 Å². The van der Waals surface area contributed by atoms with Gasteiger partial charge in [0.2, 0.25) is 0 Å². The van der Waals surface area contributed by atoms with Crippen LogP contribution in [0, 0.1) is 6.92 Å². The Labute approximate surface area is 151 Å². The zero-order chi connectivity index (χ0) is 17.6. The molecule has 1 heterocycles. The molecule has 0 aliphatic heterocycles. The lowest BCUT2D eigenvalue weighted by molar-refractivity contribution is -0.118. The highest BCUT2D eigenvalue weighted by molar-refractivity contribution is 7.99. The smallest absolute Gasteiger partial charge is 0.250 e. The third-order valence-corrected chi connectivity index (χ3v) is 4.72. The Morgan fingerprint density at radius 1 is 1.24 bits per heavy atom. The van der Waals surface area contributed by atoms with Gasteiger partial charge in [-0.2, -0.15) is 5.10 Å². The van der Waals surface area contributed by atoms with Crippen molar-refractivity contribution in [3.8, 4) is 0 Å². The normalized spacial score (nSPS) is 11.3. The molecule has 1 amide bonds. The Morgan fingerprint density at radius 3 is 2.76 bits per heavy atom. The van der Waals surface area contributed by atoms with Crippen LogP contribution in [-0.2, 0) is 11.3 Å². The second-order valence-electron chi connectivity index (χ2n) is 5.62. The summed E-state index contributed by atoms with van der Waals surface area (Å²) in [6, 6.07) is 15.9. The first-order valence-electron chi connectivity index (χ1n) is 8.14. The maximum Gasteiger partial charge on any atom is 0.250 e. The topological polar surface area (TPSA) is 59.3 Å². The monoisotopic (exact) mass is 352 g/mol. The van der Waals surface area contributed by atoms with Crippen molar-refractivity contribution in [2.45, 2.75) is 25.5 Å². The van der Waals surface area contributed by atoms with Crippen molar-refractivity contribution in [2.75, 3.05) is 5.75 Å².